The van der Waals surface area contributed by atoms with E-state index in [0.29, 0.717) is 29.7 Å². The van der Waals surface area contributed by atoms with E-state index in [1.807, 2.05) is 48.5 Å². The van der Waals surface area contributed by atoms with Crippen LogP contribution in [0.3, 0.4) is 0 Å². The Morgan fingerprint density at radius 3 is 2.25 bits per heavy atom. The lowest BCUT2D eigenvalue weighted by Gasteiger charge is -2.15. The van der Waals surface area contributed by atoms with Crippen molar-refractivity contribution in [2.24, 2.45) is 0 Å². The predicted molar refractivity (Wildman–Crippen MR) is 142 cm³/mol. The van der Waals surface area contributed by atoms with Crippen LogP contribution in [0.4, 0.5) is 0 Å². The quantitative estimate of drug-likeness (QED) is 0.303. The highest BCUT2D eigenvalue weighted by Gasteiger charge is 2.21. The van der Waals surface area contributed by atoms with Gasteiger partial charge in [-0.1, -0.05) is 84.9 Å². The minimum Gasteiger partial charge on any atom is -0.310 e. The number of nitrogens with one attached hydrogen (secondary N) is 1. The molecule has 2 aromatic heterocycles. The Morgan fingerprint density at radius 1 is 0.889 bits per heavy atom. The Labute approximate surface area is 209 Å². The van der Waals surface area contributed by atoms with Crippen LogP contribution in [0.1, 0.15) is 42.8 Å². The van der Waals surface area contributed by atoms with Gasteiger partial charge in [-0.2, -0.15) is 5.10 Å². The Balaban J connectivity index is 1.37. The van der Waals surface area contributed by atoms with Gasteiger partial charge in [0.05, 0.1) is 6.20 Å². The molecule has 0 amide bonds. The number of aromatic nitrogens is 4. The summed E-state index contributed by atoms with van der Waals surface area (Å²) in [7, 11) is 0. The lowest BCUT2D eigenvalue weighted by molar-refractivity contribution is -0.120. The number of ketones is 1. The van der Waals surface area contributed by atoms with Gasteiger partial charge in [-0.25, -0.2) is 9.67 Å². The van der Waals surface area contributed by atoms with Crippen molar-refractivity contribution in [3.63, 3.8) is 0 Å². The lowest BCUT2D eigenvalue weighted by Crippen LogP contribution is -2.20. The molecule has 36 heavy (non-hydrogen) atoms. The molecule has 0 spiro atoms. The fourth-order valence-corrected chi connectivity index (χ4v) is 4.57. The summed E-state index contributed by atoms with van der Waals surface area (Å²) in [5, 5.41) is 4.81. The van der Waals surface area contributed by atoms with Crippen molar-refractivity contribution in [2.75, 3.05) is 0 Å². The molecule has 5 aromatic rings. The number of aromatic amines is 1. The number of H-pyrrole nitrogens is 1. The maximum Gasteiger partial charge on any atom is 0.262 e. The molecule has 0 fully saturated rings. The molecule has 1 N–H and O–H groups in total. The van der Waals surface area contributed by atoms with Gasteiger partial charge in [0.2, 0.25) is 0 Å². The molecule has 0 saturated carbocycles. The second-order valence-corrected chi connectivity index (χ2v) is 9.08. The summed E-state index contributed by atoms with van der Waals surface area (Å²) in [5.74, 6) is 0.557. The topological polar surface area (TPSA) is 80.6 Å². The molecule has 180 valence electrons. The Morgan fingerprint density at radius 2 is 1.56 bits per heavy atom. The summed E-state index contributed by atoms with van der Waals surface area (Å²) in [6.45, 7) is 1.57. The van der Waals surface area contributed by atoms with E-state index in [0.717, 1.165) is 29.5 Å². The number of hydrogen-bond donors (Lipinski definition) is 1. The molecule has 1 unspecified atom stereocenters. The largest absolute Gasteiger partial charge is 0.310 e. The molecule has 3 aromatic carbocycles. The second-order valence-electron chi connectivity index (χ2n) is 9.08. The maximum atomic E-state index is 12.8. The highest BCUT2D eigenvalue weighted by atomic mass is 16.1. The first-order valence-electron chi connectivity index (χ1n) is 12.2. The third-order valence-electron chi connectivity index (χ3n) is 6.50. The lowest BCUT2D eigenvalue weighted by atomic mass is 10.0. The summed E-state index contributed by atoms with van der Waals surface area (Å²) in [5.41, 5.74) is 4.77. The van der Waals surface area contributed by atoms with E-state index in [1.54, 1.807) is 11.6 Å². The first-order chi connectivity index (χ1) is 17.6. The number of rotatable bonds is 9. The molecule has 6 nitrogen and oxygen atoms in total. The molecule has 5 rings (SSSR count). The van der Waals surface area contributed by atoms with E-state index in [2.05, 4.69) is 46.5 Å². The number of hydrogen-bond acceptors (Lipinski definition) is 4. The minimum absolute atomic E-state index is 0.00759. The average Bonchev–Trinajstić information content (AvgIpc) is 3.32. The molecular weight excluding hydrogens is 448 g/mol. The molecule has 0 radical (unpaired) electrons. The van der Waals surface area contributed by atoms with Crippen LogP contribution in [0.2, 0.25) is 0 Å². The number of aryl methyl sites for hydroxylation is 1. The van der Waals surface area contributed by atoms with Gasteiger partial charge in [0.1, 0.15) is 17.3 Å². The van der Waals surface area contributed by atoms with Crippen LogP contribution >= 0.6 is 0 Å². The smallest absolute Gasteiger partial charge is 0.262 e. The number of nitrogens with zero attached hydrogens (tertiary/aromatic N) is 3. The minimum atomic E-state index is -0.460. The highest BCUT2D eigenvalue weighted by Crippen LogP contribution is 2.22. The summed E-state index contributed by atoms with van der Waals surface area (Å²) in [4.78, 5) is 33.0. The van der Waals surface area contributed by atoms with Crippen LogP contribution in [0.25, 0.3) is 22.2 Å². The van der Waals surface area contributed by atoms with Gasteiger partial charge in [-0.15, -0.1) is 0 Å². The predicted octanol–water partition coefficient (Wildman–Crippen LogP) is 5.53. The van der Waals surface area contributed by atoms with Crippen molar-refractivity contribution in [3.8, 4) is 11.1 Å². The standard InChI is InChI=1S/C30H28N4O2/c1-21(35)27(14-8-11-22-9-4-2-5-10-22)34-29-26(20-31-34)30(36)33-28(32-29)19-23-15-17-25(18-16-23)24-12-6-3-7-13-24/h2-7,9-10,12-13,15-18,20,27H,8,11,14,19H2,1H3,(H,32,33,36). The molecule has 0 aliphatic carbocycles. The van der Waals surface area contributed by atoms with Gasteiger partial charge in [0.15, 0.2) is 11.4 Å². The van der Waals surface area contributed by atoms with Crippen molar-refractivity contribution >= 4 is 16.8 Å². The van der Waals surface area contributed by atoms with Gasteiger partial charge in [0, 0.05) is 6.42 Å². The highest BCUT2D eigenvalue weighted by molar-refractivity contribution is 5.82. The third kappa shape index (κ3) is 5.18. The van der Waals surface area contributed by atoms with Crippen LogP contribution in [0.5, 0.6) is 0 Å². The molecule has 0 aliphatic rings. The molecule has 1 atom stereocenters. The van der Waals surface area contributed by atoms with Crippen LogP contribution in [0.15, 0.2) is 95.9 Å². The van der Waals surface area contributed by atoms with E-state index in [4.69, 9.17) is 4.98 Å². The van der Waals surface area contributed by atoms with Crippen molar-refractivity contribution in [1.82, 2.24) is 19.7 Å². The zero-order chi connectivity index (χ0) is 24.9. The van der Waals surface area contributed by atoms with Gasteiger partial charge in [-0.3, -0.25) is 9.59 Å². The van der Waals surface area contributed by atoms with Gasteiger partial charge in [0.25, 0.3) is 5.56 Å². The van der Waals surface area contributed by atoms with Crippen LogP contribution < -0.4 is 5.56 Å². The average molecular weight is 477 g/mol. The van der Waals surface area contributed by atoms with Crippen molar-refractivity contribution in [1.29, 1.82) is 0 Å². The molecule has 6 heteroatoms. The van der Waals surface area contributed by atoms with Gasteiger partial charge < -0.3 is 4.98 Å². The third-order valence-corrected chi connectivity index (χ3v) is 6.50. The summed E-state index contributed by atoms with van der Waals surface area (Å²) in [6, 6.07) is 28.2. The van der Waals surface area contributed by atoms with Crippen LogP contribution in [-0.2, 0) is 17.6 Å². The summed E-state index contributed by atoms with van der Waals surface area (Å²) < 4.78 is 1.62. The number of benzene rings is 3. The van der Waals surface area contributed by atoms with Crippen LogP contribution in [0, 0.1) is 0 Å². The first-order valence-corrected chi connectivity index (χ1v) is 12.2. The molecular formula is C30H28N4O2. The molecule has 0 bridgehead atoms. The summed E-state index contributed by atoms with van der Waals surface area (Å²) >= 11 is 0. The zero-order valence-electron chi connectivity index (χ0n) is 20.2. The number of fused-ring (bicyclic) bond motifs is 1. The molecule has 0 aliphatic heterocycles. The van der Waals surface area contributed by atoms with E-state index in [9.17, 15) is 9.59 Å². The Kier molecular flexibility index (Phi) is 6.85. The van der Waals surface area contributed by atoms with Gasteiger partial charge >= 0.3 is 0 Å². The van der Waals surface area contributed by atoms with Crippen molar-refractivity contribution in [2.45, 2.75) is 38.6 Å². The normalized spacial score (nSPS) is 12.0. The van der Waals surface area contributed by atoms with E-state index in [1.165, 1.54) is 11.8 Å². The fourth-order valence-electron chi connectivity index (χ4n) is 4.57. The fraction of sp³-hybridized carbons (Fsp3) is 0.200. The Bertz CT molecular complexity index is 1520. The Hall–Kier alpha value is -4.32. The van der Waals surface area contributed by atoms with Crippen LogP contribution in [-0.4, -0.2) is 25.5 Å². The van der Waals surface area contributed by atoms with Gasteiger partial charge in [-0.05, 0) is 48.4 Å². The number of Topliss-reactive ketones (excluding diaryl/α,β-unsaturated/α-hetero) is 1. The van der Waals surface area contributed by atoms with E-state index >= 15 is 0 Å². The monoisotopic (exact) mass is 476 g/mol. The molecule has 2 heterocycles. The molecule has 0 saturated heterocycles. The van der Waals surface area contributed by atoms with Crippen molar-refractivity contribution < 1.29 is 4.79 Å². The van der Waals surface area contributed by atoms with E-state index < -0.39 is 6.04 Å². The SMILES string of the molecule is CC(=O)C(CCCc1ccccc1)n1ncc2c(=O)[nH]c(Cc3ccc(-c4ccccc4)cc3)nc21. The maximum absolute atomic E-state index is 12.8. The first kappa shape index (κ1) is 23.4. The van der Waals surface area contributed by atoms with Crippen molar-refractivity contribution in [3.05, 3.63) is 118 Å². The number of carbonyl (C=O) groups excluding carboxylic acids is 1. The van der Waals surface area contributed by atoms with E-state index in [-0.39, 0.29) is 11.3 Å². The zero-order valence-corrected chi connectivity index (χ0v) is 20.2. The second kappa shape index (κ2) is 10.5. The summed E-state index contributed by atoms with van der Waals surface area (Å²) in [6.07, 6.45) is 4.32. The number of carbonyl (C=O) groups is 1.